The van der Waals surface area contributed by atoms with Crippen molar-refractivity contribution in [3.63, 3.8) is 0 Å². The number of hydrogen-bond acceptors (Lipinski definition) is 5. The Hall–Kier alpha value is -2.47. The van der Waals surface area contributed by atoms with Crippen molar-refractivity contribution >= 4 is 11.7 Å². The van der Waals surface area contributed by atoms with E-state index in [2.05, 4.69) is 20.6 Å². The van der Waals surface area contributed by atoms with Crippen molar-refractivity contribution < 1.29 is 9.53 Å². The van der Waals surface area contributed by atoms with Gasteiger partial charge in [0.1, 0.15) is 11.5 Å². The van der Waals surface area contributed by atoms with Gasteiger partial charge in [-0.2, -0.15) is 0 Å². The maximum Gasteiger partial charge on any atom is 0.270 e. The zero-order valence-corrected chi connectivity index (χ0v) is 15.3. The lowest BCUT2D eigenvalue weighted by molar-refractivity contribution is 0.0943. The van der Waals surface area contributed by atoms with Crippen LogP contribution in [0.5, 0.6) is 0 Å². The molecule has 1 aromatic heterocycles. The van der Waals surface area contributed by atoms with Gasteiger partial charge in [-0.3, -0.25) is 4.79 Å². The molecule has 0 saturated carbocycles. The van der Waals surface area contributed by atoms with Gasteiger partial charge >= 0.3 is 0 Å². The number of aromatic nitrogens is 2. The van der Waals surface area contributed by atoms with Crippen molar-refractivity contribution in [3.8, 4) is 11.4 Å². The van der Waals surface area contributed by atoms with E-state index in [-0.39, 0.29) is 11.4 Å². The maximum atomic E-state index is 12.4. The normalized spacial score (nSPS) is 11.2. The van der Waals surface area contributed by atoms with Crippen LogP contribution in [0.3, 0.4) is 0 Å². The Morgan fingerprint density at radius 3 is 2.52 bits per heavy atom. The van der Waals surface area contributed by atoms with Gasteiger partial charge in [-0.05, 0) is 27.2 Å². The molecule has 0 bridgehead atoms. The van der Waals surface area contributed by atoms with Gasteiger partial charge in [0, 0.05) is 37.4 Å². The van der Waals surface area contributed by atoms with Crippen molar-refractivity contribution in [1.82, 2.24) is 15.3 Å². The highest BCUT2D eigenvalue weighted by Crippen LogP contribution is 2.20. The van der Waals surface area contributed by atoms with E-state index in [0.717, 1.165) is 12.0 Å². The van der Waals surface area contributed by atoms with Crippen LogP contribution in [-0.4, -0.2) is 41.7 Å². The fourth-order valence-electron chi connectivity index (χ4n) is 2.24. The van der Waals surface area contributed by atoms with E-state index in [1.54, 1.807) is 13.2 Å². The van der Waals surface area contributed by atoms with E-state index < -0.39 is 0 Å². The predicted octanol–water partition coefficient (Wildman–Crippen LogP) is 3.12. The van der Waals surface area contributed by atoms with Crippen molar-refractivity contribution in [2.45, 2.75) is 32.7 Å². The van der Waals surface area contributed by atoms with E-state index in [4.69, 9.17) is 4.74 Å². The lowest BCUT2D eigenvalue weighted by Crippen LogP contribution is -2.29. The molecular weight excluding hydrogens is 316 g/mol. The van der Waals surface area contributed by atoms with Gasteiger partial charge in [0.2, 0.25) is 0 Å². The summed E-state index contributed by atoms with van der Waals surface area (Å²) in [5.74, 6) is 0.938. The standard InChI is InChI=1S/C19H26N4O2/c1-19(2,3)23-16-13-15(18(24)20-11-8-12-25-4)21-17(22-16)14-9-6-5-7-10-14/h5-7,9-10,13H,8,11-12H2,1-4H3,(H,20,24)(H,21,22,23). The van der Waals surface area contributed by atoms with Crippen LogP contribution in [0.4, 0.5) is 5.82 Å². The molecule has 0 fully saturated rings. The first-order valence-corrected chi connectivity index (χ1v) is 8.39. The van der Waals surface area contributed by atoms with Gasteiger partial charge < -0.3 is 15.4 Å². The summed E-state index contributed by atoms with van der Waals surface area (Å²) in [6.45, 7) is 7.28. The third-order valence-electron chi connectivity index (χ3n) is 3.30. The second-order valence-electron chi connectivity index (χ2n) is 6.81. The third kappa shape index (κ3) is 6.15. The predicted molar refractivity (Wildman–Crippen MR) is 99.7 cm³/mol. The first-order valence-electron chi connectivity index (χ1n) is 8.39. The van der Waals surface area contributed by atoms with E-state index in [1.807, 2.05) is 51.1 Å². The van der Waals surface area contributed by atoms with Crippen molar-refractivity contribution in [3.05, 3.63) is 42.1 Å². The van der Waals surface area contributed by atoms with Gasteiger partial charge in [0.25, 0.3) is 5.91 Å². The minimum atomic E-state index is -0.215. The first kappa shape index (κ1) is 18.9. The summed E-state index contributed by atoms with van der Waals surface area (Å²) in [5.41, 5.74) is 1.04. The zero-order chi connectivity index (χ0) is 18.3. The Bertz CT molecular complexity index is 696. The third-order valence-corrected chi connectivity index (χ3v) is 3.30. The summed E-state index contributed by atoms with van der Waals surface area (Å²) in [7, 11) is 1.64. The molecule has 1 amide bonds. The smallest absolute Gasteiger partial charge is 0.270 e. The van der Waals surface area contributed by atoms with Gasteiger partial charge in [-0.1, -0.05) is 30.3 Å². The molecule has 0 atom stereocenters. The molecule has 2 aromatic rings. The Balaban J connectivity index is 2.28. The largest absolute Gasteiger partial charge is 0.385 e. The fraction of sp³-hybridized carbons (Fsp3) is 0.421. The zero-order valence-electron chi connectivity index (χ0n) is 15.3. The summed E-state index contributed by atoms with van der Waals surface area (Å²) in [5, 5.41) is 6.18. The molecule has 1 aromatic carbocycles. The Morgan fingerprint density at radius 2 is 1.88 bits per heavy atom. The van der Waals surface area contributed by atoms with Crippen LogP contribution in [0.25, 0.3) is 11.4 Å². The Morgan fingerprint density at radius 1 is 1.16 bits per heavy atom. The SMILES string of the molecule is COCCCNC(=O)c1cc(NC(C)(C)C)nc(-c2ccccc2)n1. The molecule has 6 nitrogen and oxygen atoms in total. The van der Waals surface area contributed by atoms with Crippen LogP contribution in [0.2, 0.25) is 0 Å². The van der Waals surface area contributed by atoms with Crippen molar-refractivity contribution in [1.29, 1.82) is 0 Å². The fourth-order valence-corrected chi connectivity index (χ4v) is 2.24. The molecule has 0 aliphatic rings. The second kappa shape index (κ2) is 8.58. The van der Waals surface area contributed by atoms with E-state index in [1.165, 1.54) is 0 Å². The molecule has 0 spiro atoms. The molecule has 0 aliphatic carbocycles. The molecule has 2 rings (SSSR count). The minimum Gasteiger partial charge on any atom is -0.385 e. The summed E-state index contributed by atoms with van der Waals surface area (Å²) in [4.78, 5) is 21.4. The molecule has 0 radical (unpaired) electrons. The van der Waals surface area contributed by atoms with Crippen LogP contribution in [0.15, 0.2) is 36.4 Å². The molecule has 25 heavy (non-hydrogen) atoms. The monoisotopic (exact) mass is 342 g/mol. The number of amides is 1. The summed E-state index contributed by atoms with van der Waals surface area (Å²) >= 11 is 0. The number of rotatable bonds is 7. The highest BCUT2D eigenvalue weighted by atomic mass is 16.5. The van der Waals surface area contributed by atoms with Crippen LogP contribution < -0.4 is 10.6 Å². The molecule has 2 N–H and O–H groups in total. The molecule has 1 heterocycles. The number of carbonyl (C=O) groups excluding carboxylic acids is 1. The number of carbonyl (C=O) groups is 1. The highest BCUT2D eigenvalue weighted by molar-refractivity contribution is 5.93. The van der Waals surface area contributed by atoms with Gasteiger partial charge in [-0.25, -0.2) is 9.97 Å². The van der Waals surface area contributed by atoms with Crippen LogP contribution >= 0.6 is 0 Å². The Kier molecular flexibility index (Phi) is 6.47. The summed E-state index contributed by atoms with van der Waals surface area (Å²) in [6, 6.07) is 11.3. The van der Waals surface area contributed by atoms with Crippen molar-refractivity contribution in [2.75, 3.05) is 25.6 Å². The lowest BCUT2D eigenvalue weighted by Gasteiger charge is -2.22. The van der Waals surface area contributed by atoms with Crippen LogP contribution in [-0.2, 0) is 4.74 Å². The molecule has 134 valence electrons. The minimum absolute atomic E-state index is 0.172. The van der Waals surface area contributed by atoms with Crippen molar-refractivity contribution in [2.24, 2.45) is 0 Å². The molecule has 0 unspecified atom stereocenters. The maximum absolute atomic E-state index is 12.4. The Labute approximate surface area is 149 Å². The van der Waals surface area contributed by atoms with Gasteiger partial charge in [0.15, 0.2) is 5.82 Å². The van der Waals surface area contributed by atoms with E-state index >= 15 is 0 Å². The summed E-state index contributed by atoms with van der Waals surface area (Å²) in [6.07, 6.45) is 0.756. The number of nitrogens with zero attached hydrogens (tertiary/aromatic N) is 2. The van der Waals surface area contributed by atoms with Crippen LogP contribution in [0, 0.1) is 0 Å². The number of hydrogen-bond donors (Lipinski definition) is 2. The van der Waals surface area contributed by atoms with Crippen LogP contribution in [0.1, 0.15) is 37.7 Å². The number of ether oxygens (including phenoxy) is 1. The van der Waals surface area contributed by atoms with Gasteiger partial charge in [0.05, 0.1) is 0 Å². The van der Waals surface area contributed by atoms with E-state index in [0.29, 0.717) is 30.5 Å². The van der Waals surface area contributed by atoms with E-state index in [9.17, 15) is 4.79 Å². The number of nitrogens with one attached hydrogen (secondary N) is 2. The average molecular weight is 342 g/mol. The molecule has 0 saturated heterocycles. The molecular formula is C19H26N4O2. The quantitative estimate of drug-likeness (QED) is 0.756. The number of methoxy groups -OCH3 is 1. The summed E-state index contributed by atoms with van der Waals surface area (Å²) < 4.78 is 4.99. The topological polar surface area (TPSA) is 76.1 Å². The first-order chi connectivity index (χ1) is 11.9. The molecule has 0 aliphatic heterocycles. The van der Waals surface area contributed by atoms with Gasteiger partial charge in [-0.15, -0.1) is 0 Å². The number of benzene rings is 1. The average Bonchev–Trinajstić information content (AvgIpc) is 2.57. The highest BCUT2D eigenvalue weighted by Gasteiger charge is 2.16. The number of anilines is 1. The molecule has 6 heteroatoms. The lowest BCUT2D eigenvalue weighted by atomic mass is 10.1. The second-order valence-corrected chi connectivity index (χ2v) is 6.81.